The minimum atomic E-state index is -3.66. The molecule has 6 heteroatoms. The fourth-order valence-electron chi connectivity index (χ4n) is 2.60. The van der Waals surface area contributed by atoms with Crippen molar-refractivity contribution in [2.75, 3.05) is 11.5 Å². The number of hydrogen-bond donors (Lipinski definition) is 1. The Morgan fingerprint density at radius 1 is 1.40 bits per heavy atom. The molecule has 1 aromatic rings. The van der Waals surface area contributed by atoms with Crippen LogP contribution in [0.2, 0.25) is 0 Å². The predicted octanol–water partition coefficient (Wildman–Crippen LogP) is 2.40. The molecule has 0 fully saturated rings. The van der Waals surface area contributed by atoms with Gasteiger partial charge in [-0.3, -0.25) is 4.79 Å². The average Bonchev–Trinajstić information content (AvgIpc) is 2.70. The van der Waals surface area contributed by atoms with Gasteiger partial charge in [0.05, 0.1) is 5.75 Å². The molecule has 0 spiro atoms. The molecule has 0 radical (unpaired) electrons. The standard InChI is InChI=1S/C14H18O4S2/c1-9(2)13(14(15)16)20(17,18)8-10-7-19-12-6-4-3-5-11(10)12/h3-6,9-10,13H,7-8H2,1-2H3,(H,15,16). The van der Waals surface area contributed by atoms with Crippen LogP contribution in [0.1, 0.15) is 25.3 Å². The van der Waals surface area contributed by atoms with E-state index in [0.717, 1.165) is 10.5 Å². The second kappa shape index (κ2) is 5.77. The highest BCUT2D eigenvalue weighted by atomic mass is 32.2. The molecule has 0 bridgehead atoms. The molecule has 0 saturated carbocycles. The molecular formula is C14H18O4S2. The van der Waals surface area contributed by atoms with Gasteiger partial charge in [0, 0.05) is 16.6 Å². The Hall–Kier alpha value is -1.01. The summed E-state index contributed by atoms with van der Waals surface area (Å²) in [4.78, 5) is 12.3. The lowest BCUT2D eigenvalue weighted by atomic mass is 10.0. The lowest BCUT2D eigenvalue weighted by Gasteiger charge is -2.19. The molecule has 0 aromatic heterocycles. The van der Waals surface area contributed by atoms with Gasteiger partial charge in [0.25, 0.3) is 0 Å². The number of sulfone groups is 1. The van der Waals surface area contributed by atoms with Crippen LogP contribution in [0, 0.1) is 5.92 Å². The van der Waals surface area contributed by atoms with Crippen molar-refractivity contribution in [3.05, 3.63) is 29.8 Å². The third-order valence-electron chi connectivity index (χ3n) is 3.47. The molecule has 1 aliphatic rings. The number of thioether (sulfide) groups is 1. The van der Waals surface area contributed by atoms with Gasteiger partial charge in [0.2, 0.25) is 0 Å². The van der Waals surface area contributed by atoms with Crippen molar-refractivity contribution in [3.8, 4) is 0 Å². The first-order valence-electron chi connectivity index (χ1n) is 6.49. The van der Waals surface area contributed by atoms with Crippen LogP contribution in [-0.2, 0) is 14.6 Å². The summed E-state index contributed by atoms with van der Waals surface area (Å²) in [6.07, 6.45) is 0. The molecule has 0 saturated heterocycles. The van der Waals surface area contributed by atoms with Crippen LogP contribution in [0.4, 0.5) is 0 Å². The van der Waals surface area contributed by atoms with E-state index in [9.17, 15) is 13.2 Å². The summed E-state index contributed by atoms with van der Waals surface area (Å²) in [5.41, 5.74) is 1.02. The minimum Gasteiger partial charge on any atom is -0.480 e. The first-order chi connectivity index (χ1) is 9.33. The van der Waals surface area contributed by atoms with E-state index in [1.807, 2.05) is 24.3 Å². The smallest absolute Gasteiger partial charge is 0.322 e. The maximum atomic E-state index is 12.4. The van der Waals surface area contributed by atoms with E-state index in [4.69, 9.17) is 5.11 Å². The first kappa shape index (κ1) is 15.4. The molecule has 4 nitrogen and oxygen atoms in total. The van der Waals surface area contributed by atoms with Gasteiger partial charge in [0.15, 0.2) is 15.1 Å². The van der Waals surface area contributed by atoms with Crippen LogP contribution in [-0.4, -0.2) is 36.2 Å². The largest absolute Gasteiger partial charge is 0.480 e. The van der Waals surface area contributed by atoms with Crippen LogP contribution in [0.15, 0.2) is 29.2 Å². The molecule has 0 amide bonds. The van der Waals surface area contributed by atoms with E-state index in [1.165, 1.54) is 0 Å². The third-order valence-corrected chi connectivity index (χ3v) is 7.11. The summed E-state index contributed by atoms with van der Waals surface area (Å²) in [6.45, 7) is 3.27. The number of carbonyl (C=O) groups is 1. The van der Waals surface area contributed by atoms with Crippen molar-refractivity contribution in [1.82, 2.24) is 0 Å². The van der Waals surface area contributed by atoms with Gasteiger partial charge in [-0.25, -0.2) is 8.42 Å². The molecule has 110 valence electrons. The highest BCUT2D eigenvalue weighted by molar-refractivity contribution is 7.99. The quantitative estimate of drug-likeness (QED) is 0.903. The number of benzene rings is 1. The van der Waals surface area contributed by atoms with E-state index < -0.39 is 27.0 Å². The monoisotopic (exact) mass is 314 g/mol. The lowest BCUT2D eigenvalue weighted by Crippen LogP contribution is -2.37. The molecule has 2 atom stereocenters. The van der Waals surface area contributed by atoms with E-state index in [-0.39, 0.29) is 11.7 Å². The third kappa shape index (κ3) is 3.01. The predicted molar refractivity (Wildman–Crippen MR) is 80.0 cm³/mol. The van der Waals surface area contributed by atoms with Crippen LogP contribution < -0.4 is 0 Å². The van der Waals surface area contributed by atoms with E-state index in [0.29, 0.717) is 5.75 Å². The van der Waals surface area contributed by atoms with E-state index in [2.05, 4.69) is 0 Å². The summed E-state index contributed by atoms with van der Waals surface area (Å²) in [5, 5.41) is 7.84. The number of carboxylic acids is 1. The highest BCUT2D eigenvalue weighted by Crippen LogP contribution is 2.40. The number of carboxylic acid groups (broad SMARTS) is 1. The maximum absolute atomic E-state index is 12.4. The van der Waals surface area contributed by atoms with Crippen molar-refractivity contribution in [2.24, 2.45) is 5.92 Å². The highest BCUT2D eigenvalue weighted by Gasteiger charge is 2.38. The summed E-state index contributed by atoms with van der Waals surface area (Å²) >= 11 is 1.63. The Morgan fingerprint density at radius 2 is 2.05 bits per heavy atom. The van der Waals surface area contributed by atoms with Crippen LogP contribution in [0.5, 0.6) is 0 Å². The van der Waals surface area contributed by atoms with Gasteiger partial charge >= 0.3 is 5.97 Å². The molecule has 2 rings (SSSR count). The fourth-order valence-corrected chi connectivity index (χ4v) is 6.21. The Bertz CT molecular complexity index is 607. The Labute approximate surface area is 123 Å². The molecule has 1 N–H and O–H groups in total. The minimum absolute atomic E-state index is 0.0911. The van der Waals surface area contributed by atoms with Gasteiger partial charge in [0.1, 0.15) is 0 Å². The summed E-state index contributed by atoms with van der Waals surface area (Å²) in [7, 11) is -3.66. The molecule has 1 heterocycles. The number of aliphatic carboxylic acids is 1. The number of fused-ring (bicyclic) bond motifs is 1. The topological polar surface area (TPSA) is 71.4 Å². The van der Waals surface area contributed by atoms with Gasteiger partial charge < -0.3 is 5.11 Å². The first-order valence-corrected chi connectivity index (χ1v) is 9.19. The van der Waals surface area contributed by atoms with Gasteiger partial charge in [-0.05, 0) is 17.5 Å². The van der Waals surface area contributed by atoms with Crippen LogP contribution in [0.25, 0.3) is 0 Å². The van der Waals surface area contributed by atoms with Crippen LogP contribution in [0.3, 0.4) is 0 Å². The van der Waals surface area contributed by atoms with Gasteiger partial charge in [-0.1, -0.05) is 32.0 Å². The lowest BCUT2D eigenvalue weighted by molar-refractivity contribution is -0.137. The van der Waals surface area contributed by atoms with Gasteiger partial charge in [-0.15, -0.1) is 11.8 Å². The van der Waals surface area contributed by atoms with Crippen molar-refractivity contribution in [1.29, 1.82) is 0 Å². The molecule has 2 unspecified atom stereocenters. The van der Waals surface area contributed by atoms with E-state index in [1.54, 1.807) is 25.6 Å². The fraction of sp³-hybridized carbons (Fsp3) is 0.500. The second-order valence-corrected chi connectivity index (χ2v) is 8.61. The molecule has 1 aliphatic heterocycles. The zero-order valence-corrected chi connectivity index (χ0v) is 13.1. The maximum Gasteiger partial charge on any atom is 0.322 e. The SMILES string of the molecule is CC(C)C(C(=O)O)S(=O)(=O)CC1CSc2ccccc21. The average molecular weight is 314 g/mol. The van der Waals surface area contributed by atoms with Crippen molar-refractivity contribution in [2.45, 2.75) is 29.9 Å². The molecule has 0 aliphatic carbocycles. The Kier molecular flexibility index (Phi) is 4.44. The normalized spacial score (nSPS) is 19.9. The molecular weight excluding hydrogens is 296 g/mol. The molecule has 20 heavy (non-hydrogen) atoms. The summed E-state index contributed by atoms with van der Waals surface area (Å²) in [6, 6.07) is 7.72. The Balaban J connectivity index is 2.24. The van der Waals surface area contributed by atoms with Crippen LogP contribution >= 0.6 is 11.8 Å². The van der Waals surface area contributed by atoms with Crippen molar-refractivity contribution in [3.63, 3.8) is 0 Å². The van der Waals surface area contributed by atoms with Crippen molar-refractivity contribution >= 4 is 27.6 Å². The number of hydrogen-bond acceptors (Lipinski definition) is 4. The zero-order chi connectivity index (χ0) is 14.9. The second-order valence-electron chi connectivity index (χ2n) is 5.38. The number of rotatable bonds is 5. The summed E-state index contributed by atoms with van der Waals surface area (Å²) < 4.78 is 24.8. The van der Waals surface area contributed by atoms with Crippen molar-refractivity contribution < 1.29 is 18.3 Å². The zero-order valence-electron chi connectivity index (χ0n) is 11.4. The van der Waals surface area contributed by atoms with Gasteiger partial charge in [-0.2, -0.15) is 0 Å². The van der Waals surface area contributed by atoms with E-state index >= 15 is 0 Å². The molecule has 1 aromatic carbocycles. The summed E-state index contributed by atoms with van der Waals surface area (Å²) in [5.74, 6) is -1.18. The Morgan fingerprint density at radius 3 is 2.65 bits per heavy atom.